The summed E-state index contributed by atoms with van der Waals surface area (Å²) < 4.78 is 12.5. The van der Waals surface area contributed by atoms with Crippen LogP contribution in [0.5, 0.6) is 11.5 Å². The Labute approximate surface area is 186 Å². The molecule has 0 fully saturated rings. The minimum absolute atomic E-state index is 0.235. The average Bonchev–Trinajstić information content (AvgIpc) is 3.28. The molecule has 0 saturated heterocycles. The van der Waals surface area contributed by atoms with Gasteiger partial charge in [-0.25, -0.2) is 4.68 Å². The number of ether oxygens (including phenoxy) is 2. The summed E-state index contributed by atoms with van der Waals surface area (Å²) in [6.45, 7) is 2.37. The molecule has 1 amide bonds. The second-order valence-electron chi connectivity index (χ2n) is 7.28. The van der Waals surface area contributed by atoms with E-state index in [-0.39, 0.29) is 5.91 Å². The molecule has 0 aliphatic heterocycles. The fourth-order valence-corrected chi connectivity index (χ4v) is 3.42. The average molecular weight is 428 g/mol. The van der Waals surface area contributed by atoms with E-state index in [4.69, 9.17) is 14.6 Å². The quantitative estimate of drug-likeness (QED) is 0.478. The number of nitrogens with one attached hydrogen (secondary N) is 1. The lowest BCUT2D eigenvalue weighted by Gasteiger charge is -2.09. The zero-order valence-electron chi connectivity index (χ0n) is 18.2. The van der Waals surface area contributed by atoms with Gasteiger partial charge in [0.15, 0.2) is 0 Å². The van der Waals surface area contributed by atoms with E-state index >= 15 is 0 Å². The van der Waals surface area contributed by atoms with Crippen molar-refractivity contribution in [3.63, 3.8) is 0 Å². The molecule has 2 heterocycles. The van der Waals surface area contributed by atoms with Gasteiger partial charge in [0.2, 0.25) is 0 Å². The number of carbonyl (C=O) groups excluding carboxylic acids is 1. The predicted octanol–water partition coefficient (Wildman–Crippen LogP) is 4.19. The van der Waals surface area contributed by atoms with Crippen LogP contribution >= 0.6 is 0 Å². The fraction of sp³-hybridized carbons (Fsp3) is 0.160. The van der Waals surface area contributed by atoms with Crippen LogP contribution in [-0.2, 0) is 6.54 Å². The second kappa shape index (κ2) is 9.34. The first-order valence-corrected chi connectivity index (χ1v) is 10.2. The Morgan fingerprint density at radius 2 is 1.91 bits per heavy atom. The monoisotopic (exact) mass is 428 g/mol. The number of aromatic nitrogens is 3. The van der Waals surface area contributed by atoms with Gasteiger partial charge in [0.05, 0.1) is 25.6 Å². The van der Waals surface area contributed by atoms with Crippen molar-refractivity contribution in [2.24, 2.45) is 0 Å². The Morgan fingerprint density at radius 1 is 1.03 bits per heavy atom. The second-order valence-corrected chi connectivity index (χ2v) is 7.28. The molecule has 0 atom stereocenters. The van der Waals surface area contributed by atoms with Crippen LogP contribution in [0.1, 0.15) is 21.6 Å². The third kappa shape index (κ3) is 4.46. The molecular weight excluding hydrogens is 404 g/mol. The van der Waals surface area contributed by atoms with Gasteiger partial charge in [-0.2, -0.15) is 5.10 Å². The van der Waals surface area contributed by atoms with Crippen LogP contribution in [0.2, 0.25) is 0 Å². The Morgan fingerprint density at radius 3 is 2.62 bits per heavy atom. The van der Waals surface area contributed by atoms with Gasteiger partial charge in [0.1, 0.15) is 17.2 Å². The first-order chi connectivity index (χ1) is 15.6. The summed E-state index contributed by atoms with van der Waals surface area (Å²) in [5.41, 5.74) is 4.60. The van der Waals surface area contributed by atoms with E-state index in [1.165, 1.54) is 0 Å². The van der Waals surface area contributed by atoms with Crippen molar-refractivity contribution in [1.82, 2.24) is 20.1 Å². The van der Waals surface area contributed by atoms with Crippen LogP contribution in [-0.4, -0.2) is 34.9 Å². The number of pyridine rings is 1. The highest BCUT2D eigenvalue weighted by Gasteiger charge is 2.20. The van der Waals surface area contributed by atoms with Gasteiger partial charge in [0.25, 0.3) is 5.91 Å². The van der Waals surface area contributed by atoms with Crippen LogP contribution in [0.15, 0.2) is 73.1 Å². The van der Waals surface area contributed by atoms with Crippen LogP contribution < -0.4 is 14.8 Å². The number of hydrogen-bond acceptors (Lipinski definition) is 5. The number of nitrogens with zero attached hydrogens (tertiary/aromatic N) is 3. The first kappa shape index (κ1) is 21.1. The predicted molar refractivity (Wildman–Crippen MR) is 122 cm³/mol. The van der Waals surface area contributed by atoms with Crippen LogP contribution in [0.4, 0.5) is 0 Å². The molecule has 2 aromatic carbocycles. The number of hydrogen-bond donors (Lipinski definition) is 1. The van der Waals surface area contributed by atoms with Crippen molar-refractivity contribution in [2.45, 2.75) is 13.5 Å². The lowest BCUT2D eigenvalue weighted by atomic mass is 10.1. The van der Waals surface area contributed by atoms with E-state index in [1.807, 2.05) is 55.5 Å². The normalized spacial score (nSPS) is 10.6. The van der Waals surface area contributed by atoms with Crippen LogP contribution in [0, 0.1) is 6.92 Å². The van der Waals surface area contributed by atoms with Gasteiger partial charge < -0.3 is 14.8 Å². The molecule has 0 radical (unpaired) electrons. The molecule has 0 spiro atoms. The third-order valence-corrected chi connectivity index (χ3v) is 5.05. The summed E-state index contributed by atoms with van der Waals surface area (Å²) in [6.07, 6.45) is 3.43. The van der Waals surface area contributed by atoms with Gasteiger partial charge >= 0.3 is 0 Å². The largest absolute Gasteiger partial charge is 0.497 e. The van der Waals surface area contributed by atoms with E-state index in [2.05, 4.69) is 10.3 Å². The van der Waals surface area contributed by atoms with Crippen molar-refractivity contribution in [1.29, 1.82) is 0 Å². The topological polar surface area (TPSA) is 78.3 Å². The van der Waals surface area contributed by atoms with Gasteiger partial charge in [-0.05, 0) is 54.4 Å². The van der Waals surface area contributed by atoms with Gasteiger partial charge in [-0.1, -0.05) is 18.2 Å². The van der Waals surface area contributed by atoms with E-state index < -0.39 is 0 Å². The van der Waals surface area contributed by atoms with E-state index in [1.54, 1.807) is 43.4 Å². The Balaban J connectivity index is 1.75. The number of carbonyl (C=O) groups is 1. The maximum Gasteiger partial charge on any atom is 0.270 e. The first-order valence-electron chi connectivity index (χ1n) is 10.2. The molecule has 1 N–H and O–H groups in total. The Hall–Kier alpha value is -4.13. The number of aryl methyl sites for hydroxylation is 1. The molecule has 162 valence electrons. The highest BCUT2D eigenvalue weighted by atomic mass is 16.5. The van der Waals surface area contributed by atoms with Crippen molar-refractivity contribution < 1.29 is 14.3 Å². The fourth-order valence-electron chi connectivity index (χ4n) is 3.42. The van der Waals surface area contributed by atoms with Crippen molar-refractivity contribution in [2.75, 3.05) is 14.2 Å². The van der Waals surface area contributed by atoms with E-state index in [0.29, 0.717) is 29.4 Å². The minimum atomic E-state index is -0.235. The highest BCUT2D eigenvalue weighted by Crippen LogP contribution is 2.33. The summed E-state index contributed by atoms with van der Waals surface area (Å²) in [4.78, 5) is 17.2. The lowest BCUT2D eigenvalue weighted by Crippen LogP contribution is -2.25. The molecule has 4 rings (SSSR count). The molecule has 7 nitrogen and oxygen atoms in total. The highest BCUT2D eigenvalue weighted by molar-refractivity contribution is 5.94. The maximum atomic E-state index is 13.2. The van der Waals surface area contributed by atoms with E-state index in [0.717, 1.165) is 22.4 Å². The van der Waals surface area contributed by atoms with E-state index in [9.17, 15) is 4.79 Å². The molecule has 0 unspecified atom stereocenters. The Kier molecular flexibility index (Phi) is 6.17. The molecule has 2 aromatic heterocycles. The molecule has 0 bridgehead atoms. The van der Waals surface area contributed by atoms with Crippen LogP contribution in [0.3, 0.4) is 0 Å². The Bertz CT molecular complexity index is 1240. The minimum Gasteiger partial charge on any atom is -0.497 e. The summed E-state index contributed by atoms with van der Waals surface area (Å²) >= 11 is 0. The molecule has 4 aromatic rings. The van der Waals surface area contributed by atoms with Crippen LogP contribution in [0.25, 0.3) is 16.9 Å². The smallest absolute Gasteiger partial charge is 0.270 e. The molecule has 0 saturated carbocycles. The lowest BCUT2D eigenvalue weighted by molar-refractivity contribution is 0.0943. The zero-order chi connectivity index (χ0) is 22.5. The number of amides is 1. The zero-order valence-corrected chi connectivity index (χ0v) is 18.2. The maximum absolute atomic E-state index is 13.2. The molecule has 0 aliphatic rings. The standard InChI is InChI=1S/C25H24N4O3/c1-17-6-4-8-19(12-17)29-23(25(30)27-16-18-7-5-11-26-15-18)14-22(28-29)21-10-9-20(31-2)13-24(21)32-3/h4-15H,16H2,1-3H3,(H,27,30). The van der Waals surface area contributed by atoms with Gasteiger partial charge in [-0.3, -0.25) is 9.78 Å². The molecule has 32 heavy (non-hydrogen) atoms. The summed E-state index contributed by atoms with van der Waals surface area (Å²) in [6, 6.07) is 18.9. The third-order valence-electron chi connectivity index (χ3n) is 5.05. The number of benzene rings is 2. The van der Waals surface area contributed by atoms with Crippen molar-refractivity contribution in [3.8, 4) is 28.4 Å². The summed E-state index contributed by atoms with van der Waals surface area (Å²) in [7, 11) is 3.20. The van der Waals surface area contributed by atoms with Gasteiger partial charge in [-0.15, -0.1) is 0 Å². The van der Waals surface area contributed by atoms with Crippen molar-refractivity contribution >= 4 is 5.91 Å². The number of methoxy groups -OCH3 is 2. The molecule has 7 heteroatoms. The SMILES string of the molecule is COc1ccc(-c2cc(C(=O)NCc3cccnc3)n(-c3cccc(C)c3)n2)c(OC)c1. The summed E-state index contributed by atoms with van der Waals surface area (Å²) in [5, 5.41) is 7.72. The molecular formula is C25H24N4O3. The molecule has 0 aliphatic carbocycles. The van der Waals surface area contributed by atoms with Crippen molar-refractivity contribution in [3.05, 3.63) is 89.9 Å². The number of rotatable bonds is 7. The summed E-state index contributed by atoms with van der Waals surface area (Å²) in [5.74, 6) is 1.06. The van der Waals surface area contributed by atoms with Gasteiger partial charge in [0, 0.05) is 30.6 Å².